The molecular weight excluding hydrogens is 358 g/mol. The number of rotatable bonds is 11. The van der Waals surface area contributed by atoms with Crippen LogP contribution in [0.5, 0.6) is 5.75 Å². The van der Waals surface area contributed by atoms with E-state index in [1.807, 2.05) is 24.3 Å². The number of nitrogens with zero attached hydrogens (tertiary/aromatic N) is 2. The molecule has 0 spiro atoms. The Hall–Kier alpha value is -3.22. The molecular formula is C21H25N3O4. The Labute approximate surface area is 164 Å². The second-order valence-corrected chi connectivity index (χ2v) is 6.34. The highest BCUT2D eigenvalue weighted by molar-refractivity contribution is 5.85. The minimum atomic E-state index is -0.475. The molecule has 0 heterocycles. The average molecular weight is 383 g/mol. The molecule has 0 saturated heterocycles. The standard InChI is InChI=1S/C21H25N3O4/c1-2-3-4-7-14-28-20-9-6-5-8-18(20)16-22-23-21(25)15-17-10-12-19(13-11-17)24(26)27/h5-6,8-13,16H,2-4,7,14-15H2,1H3,(H,23,25)/b22-16-. The Morgan fingerprint density at radius 2 is 1.89 bits per heavy atom. The Balaban J connectivity index is 1.84. The van der Waals surface area contributed by atoms with Gasteiger partial charge < -0.3 is 4.74 Å². The van der Waals surface area contributed by atoms with Crippen LogP contribution < -0.4 is 10.2 Å². The van der Waals surface area contributed by atoms with E-state index in [0.29, 0.717) is 12.2 Å². The highest BCUT2D eigenvalue weighted by Gasteiger charge is 2.07. The third-order valence-corrected chi connectivity index (χ3v) is 4.08. The number of hydrogen-bond donors (Lipinski definition) is 1. The predicted molar refractivity (Wildman–Crippen MR) is 109 cm³/mol. The first-order chi connectivity index (χ1) is 13.6. The molecule has 1 N–H and O–H groups in total. The van der Waals surface area contributed by atoms with Gasteiger partial charge in [-0.05, 0) is 24.1 Å². The number of non-ortho nitro benzene ring substituents is 1. The van der Waals surface area contributed by atoms with E-state index in [1.54, 1.807) is 18.3 Å². The van der Waals surface area contributed by atoms with Gasteiger partial charge in [0, 0.05) is 17.7 Å². The Morgan fingerprint density at radius 1 is 1.14 bits per heavy atom. The molecule has 0 aliphatic carbocycles. The molecule has 0 saturated carbocycles. The molecule has 2 aromatic rings. The number of nitrogens with one attached hydrogen (secondary N) is 1. The monoisotopic (exact) mass is 383 g/mol. The smallest absolute Gasteiger partial charge is 0.269 e. The molecule has 148 valence electrons. The fourth-order valence-electron chi connectivity index (χ4n) is 2.56. The van der Waals surface area contributed by atoms with E-state index in [1.165, 1.54) is 25.0 Å². The topological polar surface area (TPSA) is 93.8 Å². The summed E-state index contributed by atoms with van der Waals surface area (Å²) in [6.45, 7) is 2.82. The Morgan fingerprint density at radius 3 is 2.61 bits per heavy atom. The molecule has 0 atom stereocenters. The maximum atomic E-state index is 12.0. The maximum Gasteiger partial charge on any atom is 0.269 e. The van der Waals surface area contributed by atoms with Crippen LogP contribution in [0.3, 0.4) is 0 Å². The quantitative estimate of drug-likeness (QED) is 0.272. The van der Waals surface area contributed by atoms with Gasteiger partial charge in [0.05, 0.1) is 24.2 Å². The first-order valence-corrected chi connectivity index (χ1v) is 9.37. The summed E-state index contributed by atoms with van der Waals surface area (Å²) in [6, 6.07) is 13.4. The molecule has 0 unspecified atom stereocenters. The third-order valence-electron chi connectivity index (χ3n) is 4.08. The van der Waals surface area contributed by atoms with Gasteiger partial charge in [0.15, 0.2) is 0 Å². The first kappa shape index (κ1) is 21.1. The lowest BCUT2D eigenvalue weighted by Crippen LogP contribution is -2.19. The van der Waals surface area contributed by atoms with Gasteiger partial charge in [-0.3, -0.25) is 14.9 Å². The molecule has 0 fully saturated rings. The van der Waals surface area contributed by atoms with Crippen LogP contribution in [0.15, 0.2) is 53.6 Å². The van der Waals surface area contributed by atoms with E-state index in [0.717, 1.165) is 24.2 Å². The zero-order valence-electron chi connectivity index (χ0n) is 16.0. The fraction of sp³-hybridized carbons (Fsp3) is 0.333. The lowest BCUT2D eigenvalue weighted by Gasteiger charge is -2.08. The highest BCUT2D eigenvalue weighted by Crippen LogP contribution is 2.16. The van der Waals surface area contributed by atoms with E-state index in [-0.39, 0.29) is 18.0 Å². The van der Waals surface area contributed by atoms with Crippen molar-refractivity contribution in [2.75, 3.05) is 6.61 Å². The van der Waals surface area contributed by atoms with E-state index in [4.69, 9.17) is 4.74 Å². The summed E-state index contributed by atoms with van der Waals surface area (Å²) in [5.41, 5.74) is 3.92. The first-order valence-electron chi connectivity index (χ1n) is 9.37. The van der Waals surface area contributed by atoms with Crippen molar-refractivity contribution >= 4 is 17.8 Å². The van der Waals surface area contributed by atoms with Gasteiger partial charge in [-0.15, -0.1) is 0 Å². The third kappa shape index (κ3) is 7.19. The largest absolute Gasteiger partial charge is 0.493 e. The molecule has 7 nitrogen and oxygen atoms in total. The van der Waals surface area contributed by atoms with Crippen LogP contribution in [-0.4, -0.2) is 23.7 Å². The van der Waals surface area contributed by atoms with Gasteiger partial charge in [-0.2, -0.15) is 5.10 Å². The van der Waals surface area contributed by atoms with Crippen LogP contribution in [0.4, 0.5) is 5.69 Å². The molecule has 2 aromatic carbocycles. The van der Waals surface area contributed by atoms with Gasteiger partial charge >= 0.3 is 0 Å². The van der Waals surface area contributed by atoms with Crippen molar-refractivity contribution in [3.8, 4) is 5.75 Å². The molecule has 28 heavy (non-hydrogen) atoms. The van der Waals surface area contributed by atoms with Gasteiger partial charge in [-0.25, -0.2) is 5.43 Å². The zero-order chi connectivity index (χ0) is 20.2. The summed E-state index contributed by atoms with van der Waals surface area (Å²) in [4.78, 5) is 22.2. The fourth-order valence-corrected chi connectivity index (χ4v) is 2.56. The number of ether oxygens (including phenoxy) is 1. The Kier molecular flexibility index (Phi) is 8.65. The van der Waals surface area contributed by atoms with Crippen molar-refractivity contribution in [1.82, 2.24) is 5.43 Å². The van der Waals surface area contributed by atoms with Crippen molar-refractivity contribution in [3.63, 3.8) is 0 Å². The van der Waals surface area contributed by atoms with Crippen molar-refractivity contribution in [2.24, 2.45) is 5.10 Å². The number of benzene rings is 2. The average Bonchev–Trinajstić information content (AvgIpc) is 2.69. The van der Waals surface area contributed by atoms with E-state index in [2.05, 4.69) is 17.5 Å². The number of unbranched alkanes of at least 4 members (excludes halogenated alkanes) is 3. The van der Waals surface area contributed by atoms with Crippen LogP contribution >= 0.6 is 0 Å². The number of hydrazone groups is 1. The van der Waals surface area contributed by atoms with Crippen molar-refractivity contribution in [1.29, 1.82) is 0 Å². The van der Waals surface area contributed by atoms with E-state index >= 15 is 0 Å². The lowest BCUT2D eigenvalue weighted by molar-refractivity contribution is -0.384. The van der Waals surface area contributed by atoms with Gasteiger partial charge in [0.2, 0.25) is 5.91 Å². The van der Waals surface area contributed by atoms with Gasteiger partial charge in [0.1, 0.15) is 5.75 Å². The SMILES string of the molecule is CCCCCCOc1ccccc1/C=N\NC(=O)Cc1ccc([N+](=O)[O-])cc1. The van der Waals surface area contributed by atoms with E-state index in [9.17, 15) is 14.9 Å². The summed E-state index contributed by atoms with van der Waals surface area (Å²) in [6.07, 6.45) is 6.17. The summed E-state index contributed by atoms with van der Waals surface area (Å²) < 4.78 is 5.81. The second kappa shape index (κ2) is 11.5. The molecule has 7 heteroatoms. The molecule has 0 aliphatic rings. The second-order valence-electron chi connectivity index (χ2n) is 6.34. The summed E-state index contributed by atoms with van der Waals surface area (Å²) in [5.74, 6) is 0.426. The molecule has 0 bridgehead atoms. The van der Waals surface area contributed by atoms with Gasteiger partial charge in [-0.1, -0.05) is 50.5 Å². The van der Waals surface area contributed by atoms with Crippen LogP contribution in [-0.2, 0) is 11.2 Å². The van der Waals surface area contributed by atoms with Crippen LogP contribution in [0, 0.1) is 10.1 Å². The zero-order valence-corrected chi connectivity index (χ0v) is 16.0. The van der Waals surface area contributed by atoms with Crippen molar-refractivity contribution < 1.29 is 14.5 Å². The number of para-hydroxylation sites is 1. The van der Waals surface area contributed by atoms with Crippen molar-refractivity contribution in [3.05, 3.63) is 69.8 Å². The Bertz CT molecular complexity index is 804. The summed E-state index contributed by atoms with van der Waals surface area (Å²) in [5, 5.41) is 14.6. The number of nitro benzene ring substituents is 1. The highest BCUT2D eigenvalue weighted by atomic mass is 16.6. The van der Waals surface area contributed by atoms with Crippen molar-refractivity contribution in [2.45, 2.75) is 39.0 Å². The minimum Gasteiger partial charge on any atom is -0.493 e. The molecule has 1 amide bonds. The van der Waals surface area contributed by atoms with Crippen LogP contribution in [0.2, 0.25) is 0 Å². The molecule has 0 radical (unpaired) electrons. The number of amides is 1. The summed E-state index contributed by atoms with van der Waals surface area (Å²) in [7, 11) is 0. The molecule has 0 aliphatic heterocycles. The normalized spacial score (nSPS) is 10.8. The number of hydrogen-bond acceptors (Lipinski definition) is 5. The van der Waals surface area contributed by atoms with E-state index < -0.39 is 4.92 Å². The van der Waals surface area contributed by atoms with Crippen LogP contribution in [0.1, 0.15) is 43.7 Å². The summed E-state index contributed by atoms with van der Waals surface area (Å²) >= 11 is 0. The number of nitro groups is 1. The molecule has 0 aromatic heterocycles. The predicted octanol–water partition coefficient (Wildman–Crippen LogP) is 4.25. The lowest BCUT2D eigenvalue weighted by atomic mass is 10.1. The van der Waals surface area contributed by atoms with Gasteiger partial charge in [0.25, 0.3) is 5.69 Å². The number of carbonyl (C=O) groups excluding carboxylic acids is 1. The number of carbonyl (C=O) groups is 1. The minimum absolute atomic E-state index is 0.00604. The molecule has 2 rings (SSSR count). The van der Waals surface area contributed by atoms with Crippen LogP contribution in [0.25, 0.3) is 0 Å². The maximum absolute atomic E-state index is 12.0.